The molecule has 14 heavy (non-hydrogen) atoms. The van der Waals surface area contributed by atoms with E-state index in [-0.39, 0.29) is 0 Å². The summed E-state index contributed by atoms with van der Waals surface area (Å²) in [6.07, 6.45) is 3.38. The molecule has 2 rings (SSSR count). The molecule has 0 saturated heterocycles. The minimum atomic E-state index is -0.561. The third kappa shape index (κ3) is 1.90. The van der Waals surface area contributed by atoms with Crippen molar-refractivity contribution in [3.63, 3.8) is 0 Å². The van der Waals surface area contributed by atoms with Crippen LogP contribution in [0.3, 0.4) is 0 Å². The summed E-state index contributed by atoms with van der Waals surface area (Å²) in [4.78, 5) is 0. The predicted molar refractivity (Wildman–Crippen MR) is 59.0 cm³/mol. The van der Waals surface area contributed by atoms with Crippen LogP contribution in [0.4, 0.5) is 0 Å². The monoisotopic (exact) mass is 230 g/mol. The standard InChI is InChI=1S/C11H12Cl2O/c12-9-3-1-4-10(13)8(9)7-11(14)5-2-6-11/h1,3-4,14H,2,5-7H2. The van der Waals surface area contributed by atoms with Crippen molar-refractivity contribution in [2.75, 3.05) is 0 Å². The first-order chi connectivity index (χ1) is 6.61. The number of hydrogen-bond donors (Lipinski definition) is 1. The Kier molecular flexibility index (Phi) is 2.74. The molecule has 1 N–H and O–H groups in total. The Morgan fingerprint density at radius 1 is 1.21 bits per heavy atom. The maximum Gasteiger partial charge on any atom is 0.0689 e. The summed E-state index contributed by atoms with van der Waals surface area (Å²) in [5.74, 6) is 0. The van der Waals surface area contributed by atoms with E-state index in [0.29, 0.717) is 16.5 Å². The molecule has 76 valence electrons. The van der Waals surface area contributed by atoms with E-state index in [1.54, 1.807) is 0 Å². The molecule has 0 atom stereocenters. The van der Waals surface area contributed by atoms with Gasteiger partial charge in [0.2, 0.25) is 0 Å². The second-order valence-corrected chi connectivity index (χ2v) is 4.77. The zero-order valence-electron chi connectivity index (χ0n) is 7.76. The molecule has 1 aromatic carbocycles. The second kappa shape index (κ2) is 3.73. The van der Waals surface area contributed by atoms with E-state index >= 15 is 0 Å². The van der Waals surface area contributed by atoms with Crippen LogP contribution in [-0.2, 0) is 6.42 Å². The maximum absolute atomic E-state index is 10.00. The molecule has 0 amide bonds. The zero-order chi connectivity index (χ0) is 10.2. The van der Waals surface area contributed by atoms with Gasteiger partial charge in [0.15, 0.2) is 0 Å². The van der Waals surface area contributed by atoms with Crippen LogP contribution in [0.25, 0.3) is 0 Å². The fraction of sp³-hybridized carbons (Fsp3) is 0.455. The molecule has 1 saturated carbocycles. The molecule has 0 spiro atoms. The van der Waals surface area contributed by atoms with E-state index < -0.39 is 5.60 Å². The van der Waals surface area contributed by atoms with Gasteiger partial charge in [-0.3, -0.25) is 0 Å². The van der Waals surface area contributed by atoms with E-state index in [0.717, 1.165) is 24.8 Å². The van der Waals surface area contributed by atoms with E-state index in [2.05, 4.69) is 0 Å². The molecule has 3 heteroatoms. The van der Waals surface area contributed by atoms with Crippen molar-refractivity contribution in [2.24, 2.45) is 0 Å². The van der Waals surface area contributed by atoms with Crippen LogP contribution in [0.2, 0.25) is 10.0 Å². The average molecular weight is 231 g/mol. The topological polar surface area (TPSA) is 20.2 Å². The maximum atomic E-state index is 10.00. The third-order valence-corrected chi connectivity index (χ3v) is 3.56. The minimum absolute atomic E-state index is 0.561. The molecule has 0 bridgehead atoms. The first-order valence-electron chi connectivity index (χ1n) is 4.76. The van der Waals surface area contributed by atoms with Crippen molar-refractivity contribution in [2.45, 2.75) is 31.3 Å². The Labute approximate surface area is 93.7 Å². The Balaban J connectivity index is 2.23. The van der Waals surface area contributed by atoms with E-state index in [9.17, 15) is 5.11 Å². The first-order valence-corrected chi connectivity index (χ1v) is 5.52. The first kappa shape index (κ1) is 10.3. The quantitative estimate of drug-likeness (QED) is 0.826. The molecule has 0 heterocycles. The summed E-state index contributed by atoms with van der Waals surface area (Å²) in [6, 6.07) is 5.44. The van der Waals surface area contributed by atoms with E-state index in [1.165, 1.54) is 0 Å². The van der Waals surface area contributed by atoms with Crippen LogP contribution in [0.5, 0.6) is 0 Å². The van der Waals surface area contributed by atoms with Crippen molar-refractivity contribution >= 4 is 23.2 Å². The Morgan fingerprint density at radius 3 is 2.21 bits per heavy atom. The lowest BCUT2D eigenvalue weighted by Gasteiger charge is -2.37. The van der Waals surface area contributed by atoms with Crippen molar-refractivity contribution in [3.8, 4) is 0 Å². The van der Waals surface area contributed by atoms with Crippen LogP contribution in [-0.4, -0.2) is 10.7 Å². The molecule has 1 aliphatic carbocycles. The molecule has 1 fully saturated rings. The van der Waals surface area contributed by atoms with Gasteiger partial charge < -0.3 is 5.11 Å². The zero-order valence-corrected chi connectivity index (χ0v) is 9.28. The summed E-state index contributed by atoms with van der Waals surface area (Å²) >= 11 is 12.0. The Hall–Kier alpha value is -0.240. The minimum Gasteiger partial charge on any atom is -0.390 e. The van der Waals surface area contributed by atoms with Gasteiger partial charge >= 0.3 is 0 Å². The molecule has 1 nitrogen and oxygen atoms in total. The molecule has 0 unspecified atom stereocenters. The SMILES string of the molecule is OC1(Cc2c(Cl)cccc2Cl)CCC1. The highest BCUT2D eigenvalue weighted by Gasteiger charge is 2.35. The van der Waals surface area contributed by atoms with Crippen LogP contribution in [0.15, 0.2) is 18.2 Å². The van der Waals surface area contributed by atoms with Gasteiger partial charge in [0.25, 0.3) is 0 Å². The lowest BCUT2D eigenvalue weighted by atomic mass is 9.76. The van der Waals surface area contributed by atoms with Crippen LogP contribution in [0, 0.1) is 0 Å². The fourth-order valence-electron chi connectivity index (χ4n) is 1.79. The summed E-state index contributed by atoms with van der Waals surface area (Å²) in [5, 5.41) is 11.3. The number of rotatable bonds is 2. The third-order valence-electron chi connectivity index (χ3n) is 2.85. The summed E-state index contributed by atoms with van der Waals surface area (Å²) in [7, 11) is 0. The number of benzene rings is 1. The summed E-state index contributed by atoms with van der Waals surface area (Å²) in [6.45, 7) is 0. The Morgan fingerprint density at radius 2 is 1.79 bits per heavy atom. The molecular formula is C11H12Cl2O. The molecule has 1 aliphatic rings. The summed E-state index contributed by atoms with van der Waals surface area (Å²) in [5.41, 5.74) is 0.312. The van der Waals surface area contributed by atoms with Gasteiger partial charge in [0, 0.05) is 16.5 Å². The number of halogens is 2. The fourth-order valence-corrected chi connectivity index (χ4v) is 2.32. The van der Waals surface area contributed by atoms with Crippen LogP contribution >= 0.6 is 23.2 Å². The molecule has 1 aromatic rings. The van der Waals surface area contributed by atoms with Gasteiger partial charge in [-0.05, 0) is 37.0 Å². The lowest BCUT2D eigenvalue weighted by molar-refractivity contribution is -0.0322. The van der Waals surface area contributed by atoms with Gasteiger partial charge in [-0.15, -0.1) is 0 Å². The van der Waals surface area contributed by atoms with E-state index in [1.807, 2.05) is 18.2 Å². The summed E-state index contributed by atoms with van der Waals surface area (Å²) < 4.78 is 0. The van der Waals surface area contributed by atoms with Gasteiger partial charge in [0.05, 0.1) is 5.60 Å². The number of hydrogen-bond acceptors (Lipinski definition) is 1. The predicted octanol–water partition coefficient (Wildman–Crippen LogP) is 3.45. The molecule has 0 radical (unpaired) electrons. The van der Waals surface area contributed by atoms with Crippen molar-refractivity contribution < 1.29 is 5.11 Å². The largest absolute Gasteiger partial charge is 0.390 e. The molecular weight excluding hydrogens is 219 g/mol. The van der Waals surface area contributed by atoms with Crippen LogP contribution in [0.1, 0.15) is 24.8 Å². The lowest BCUT2D eigenvalue weighted by Crippen LogP contribution is -2.39. The van der Waals surface area contributed by atoms with Gasteiger partial charge in [-0.25, -0.2) is 0 Å². The van der Waals surface area contributed by atoms with Crippen molar-refractivity contribution in [3.05, 3.63) is 33.8 Å². The smallest absolute Gasteiger partial charge is 0.0689 e. The highest BCUT2D eigenvalue weighted by Crippen LogP contribution is 2.38. The van der Waals surface area contributed by atoms with Gasteiger partial charge in [-0.2, -0.15) is 0 Å². The average Bonchev–Trinajstić information content (AvgIpc) is 2.09. The second-order valence-electron chi connectivity index (χ2n) is 3.95. The Bertz CT molecular complexity index is 325. The van der Waals surface area contributed by atoms with Crippen LogP contribution < -0.4 is 0 Å². The normalized spacial score (nSPS) is 19.1. The van der Waals surface area contributed by atoms with Gasteiger partial charge in [-0.1, -0.05) is 29.3 Å². The molecule has 0 aliphatic heterocycles. The van der Waals surface area contributed by atoms with E-state index in [4.69, 9.17) is 23.2 Å². The van der Waals surface area contributed by atoms with Crippen molar-refractivity contribution in [1.82, 2.24) is 0 Å². The highest BCUT2D eigenvalue weighted by atomic mass is 35.5. The van der Waals surface area contributed by atoms with Gasteiger partial charge in [0.1, 0.15) is 0 Å². The highest BCUT2D eigenvalue weighted by molar-refractivity contribution is 6.36. The number of aliphatic hydroxyl groups is 1. The molecule has 0 aromatic heterocycles. The van der Waals surface area contributed by atoms with Crippen molar-refractivity contribution in [1.29, 1.82) is 0 Å².